The number of alkyl halides is 1. The van der Waals surface area contributed by atoms with Gasteiger partial charge in [-0.05, 0) is 44.2 Å². The first-order valence-electron chi connectivity index (χ1n) is 8.47. The summed E-state index contributed by atoms with van der Waals surface area (Å²) in [5, 5.41) is 5.77. The highest BCUT2D eigenvalue weighted by Crippen LogP contribution is 2.45. The molecule has 1 saturated carbocycles. The number of nitrogens with one attached hydrogen (secondary N) is 2. The summed E-state index contributed by atoms with van der Waals surface area (Å²) < 4.78 is 20.6. The minimum absolute atomic E-state index is 0.139. The molecule has 3 rings (SSSR count). The predicted molar refractivity (Wildman–Crippen MR) is 87.2 cm³/mol. The Balaban J connectivity index is 1.38. The topological polar surface area (TPSA) is 50.4 Å². The highest BCUT2D eigenvalue weighted by atomic mass is 19.1. The van der Waals surface area contributed by atoms with Crippen LogP contribution in [0.3, 0.4) is 0 Å². The highest BCUT2D eigenvalue weighted by Gasteiger charge is 2.55. The van der Waals surface area contributed by atoms with E-state index in [-0.39, 0.29) is 12.5 Å². The molecule has 4 nitrogen and oxygen atoms in total. The Bertz CT molecular complexity index is 544. The van der Waals surface area contributed by atoms with Gasteiger partial charge in [-0.1, -0.05) is 17.7 Å². The number of amides is 1. The molecule has 1 heterocycles. The number of halogens is 1. The average Bonchev–Trinajstić information content (AvgIpc) is 3.31. The molecule has 1 aliphatic carbocycles. The zero-order valence-corrected chi connectivity index (χ0v) is 13.6. The van der Waals surface area contributed by atoms with Gasteiger partial charge in [-0.25, -0.2) is 4.39 Å². The lowest BCUT2D eigenvalue weighted by Gasteiger charge is -2.25. The molecule has 1 aromatic carbocycles. The van der Waals surface area contributed by atoms with Gasteiger partial charge in [0.25, 0.3) is 5.91 Å². The average molecular weight is 320 g/mol. The van der Waals surface area contributed by atoms with Crippen LogP contribution in [0.15, 0.2) is 24.3 Å². The fraction of sp³-hybridized carbons (Fsp3) is 0.611. The van der Waals surface area contributed by atoms with Crippen molar-refractivity contribution >= 4 is 5.91 Å². The molecular formula is C18H25FN2O2. The van der Waals surface area contributed by atoms with Crippen molar-refractivity contribution in [1.82, 2.24) is 10.6 Å². The zero-order valence-electron chi connectivity index (χ0n) is 13.6. The van der Waals surface area contributed by atoms with Crippen molar-refractivity contribution < 1.29 is 13.9 Å². The molecule has 1 saturated heterocycles. The van der Waals surface area contributed by atoms with Gasteiger partial charge in [-0.15, -0.1) is 0 Å². The van der Waals surface area contributed by atoms with E-state index in [0.717, 1.165) is 18.6 Å². The first-order chi connectivity index (χ1) is 11.1. The van der Waals surface area contributed by atoms with Crippen LogP contribution in [-0.4, -0.2) is 37.8 Å². The molecule has 1 aromatic rings. The van der Waals surface area contributed by atoms with Gasteiger partial charge in [-0.2, -0.15) is 0 Å². The first kappa shape index (κ1) is 16.2. The van der Waals surface area contributed by atoms with E-state index < -0.39 is 11.6 Å². The fourth-order valence-corrected chi connectivity index (χ4v) is 3.24. The van der Waals surface area contributed by atoms with Crippen molar-refractivity contribution in [2.45, 2.75) is 31.9 Å². The van der Waals surface area contributed by atoms with Crippen molar-refractivity contribution in [1.29, 1.82) is 0 Å². The van der Waals surface area contributed by atoms with Gasteiger partial charge in [0.05, 0.1) is 6.61 Å². The summed E-state index contributed by atoms with van der Waals surface area (Å²) in [6.07, 6.45) is 2.77. The molecule has 0 spiro atoms. The van der Waals surface area contributed by atoms with Crippen molar-refractivity contribution in [2.75, 3.05) is 26.2 Å². The molecular weight excluding hydrogens is 295 g/mol. The minimum atomic E-state index is -1.74. The number of carbonyl (C=O) groups is 1. The van der Waals surface area contributed by atoms with Crippen LogP contribution in [-0.2, 0) is 4.79 Å². The Morgan fingerprint density at radius 3 is 2.83 bits per heavy atom. The van der Waals surface area contributed by atoms with Crippen molar-refractivity contribution in [3.05, 3.63) is 29.8 Å². The molecule has 2 fully saturated rings. The molecule has 1 amide bonds. The molecule has 0 aromatic heterocycles. The number of hydrogen-bond donors (Lipinski definition) is 2. The summed E-state index contributed by atoms with van der Waals surface area (Å²) in [5.74, 6) is 0.573. The Labute approximate surface area is 136 Å². The first-order valence-corrected chi connectivity index (χ1v) is 8.47. The Morgan fingerprint density at radius 1 is 1.39 bits per heavy atom. The third-order valence-electron chi connectivity index (χ3n) is 4.80. The van der Waals surface area contributed by atoms with Crippen molar-refractivity contribution in [3.8, 4) is 5.75 Å². The van der Waals surface area contributed by atoms with Crippen LogP contribution in [0.4, 0.5) is 4.39 Å². The molecule has 1 aliphatic heterocycles. The number of ether oxygens (including phenoxy) is 1. The minimum Gasteiger partial charge on any atom is -0.494 e. The van der Waals surface area contributed by atoms with Crippen LogP contribution in [0, 0.1) is 18.8 Å². The summed E-state index contributed by atoms with van der Waals surface area (Å²) in [7, 11) is 0. The Kier molecular flexibility index (Phi) is 4.85. The van der Waals surface area contributed by atoms with Gasteiger partial charge < -0.3 is 15.4 Å². The highest BCUT2D eigenvalue weighted by molar-refractivity contribution is 5.86. The Morgan fingerprint density at radius 2 is 2.13 bits per heavy atom. The maximum atomic E-state index is 15.0. The van der Waals surface area contributed by atoms with Gasteiger partial charge >= 0.3 is 0 Å². The van der Waals surface area contributed by atoms with Gasteiger partial charge in [0.15, 0.2) is 0 Å². The fourth-order valence-electron chi connectivity index (χ4n) is 3.24. The van der Waals surface area contributed by atoms with Crippen LogP contribution < -0.4 is 15.4 Å². The molecule has 126 valence electrons. The molecule has 2 N–H and O–H groups in total. The van der Waals surface area contributed by atoms with Crippen LogP contribution >= 0.6 is 0 Å². The standard InChI is InChI=1S/C18H25FN2O2/c1-13-3-7-15(8-4-13)23-10-2-9-21-17(22)18(19)12-20-11-16(18)14-5-6-14/h3-4,7-8,14,16,20H,2,5-6,9-12H2,1H3,(H,21,22). The number of rotatable bonds is 7. The summed E-state index contributed by atoms with van der Waals surface area (Å²) in [5.41, 5.74) is -0.549. The summed E-state index contributed by atoms with van der Waals surface area (Å²) >= 11 is 0. The van der Waals surface area contributed by atoms with E-state index in [1.54, 1.807) is 0 Å². The van der Waals surface area contributed by atoms with Gasteiger partial charge in [-0.3, -0.25) is 4.79 Å². The third-order valence-corrected chi connectivity index (χ3v) is 4.80. The molecule has 2 unspecified atom stereocenters. The SMILES string of the molecule is Cc1ccc(OCCCNC(=O)C2(F)CNCC2C2CC2)cc1. The number of carbonyl (C=O) groups excluding carboxylic acids is 1. The second kappa shape index (κ2) is 6.87. The van der Waals surface area contributed by atoms with E-state index in [0.29, 0.717) is 32.0 Å². The molecule has 23 heavy (non-hydrogen) atoms. The smallest absolute Gasteiger partial charge is 0.259 e. The molecule has 2 atom stereocenters. The van der Waals surface area contributed by atoms with Gasteiger partial charge in [0.1, 0.15) is 5.75 Å². The van der Waals surface area contributed by atoms with Crippen molar-refractivity contribution in [2.24, 2.45) is 11.8 Å². The summed E-state index contributed by atoms with van der Waals surface area (Å²) in [6, 6.07) is 7.84. The monoisotopic (exact) mass is 320 g/mol. The number of benzene rings is 1. The van der Waals surface area contributed by atoms with E-state index in [9.17, 15) is 9.18 Å². The lowest BCUT2D eigenvalue weighted by atomic mass is 9.87. The van der Waals surface area contributed by atoms with Crippen LogP contribution in [0.5, 0.6) is 5.75 Å². The maximum absolute atomic E-state index is 15.0. The normalized spacial score (nSPS) is 27.0. The quantitative estimate of drug-likeness (QED) is 0.758. The molecule has 5 heteroatoms. The predicted octanol–water partition coefficient (Wildman–Crippen LogP) is 2.22. The number of hydrogen-bond acceptors (Lipinski definition) is 3. The number of aryl methyl sites for hydroxylation is 1. The molecule has 2 aliphatic rings. The second-order valence-corrected chi connectivity index (χ2v) is 6.71. The van der Waals surface area contributed by atoms with E-state index in [2.05, 4.69) is 10.6 Å². The maximum Gasteiger partial charge on any atom is 0.259 e. The van der Waals surface area contributed by atoms with Crippen molar-refractivity contribution in [3.63, 3.8) is 0 Å². The lowest BCUT2D eigenvalue weighted by molar-refractivity contribution is -0.134. The molecule has 0 bridgehead atoms. The Hall–Kier alpha value is -1.62. The summed E-state index contributed by atoms with van der Waals surface area (Å²) in [4.78, 5) is 12.2. The zero-order chi connectivity index (χ0) is 16.3. The van der Waals surface area contributed by atoms with Crippen LogP contribution in [0.1, 0.15) is 24.8 Å². The van der Waals surface area contributed by atoms with Gasteiger partial charge in [0, 0.05) is 25.6 Å². The van der Waals surface area contributed by atoms with E-state index >= 15 is 0 Å². The van der Waals surface area contributed by atoms with E-state index in [1.165, 1.54) is 5.56 Å². The lowest BCUT2D eigenvalue weighted by Crippen LogP contribution is -2.50. The van der Waals surface area contributed by atoms with Crippen LogP contribution in [0.25, 0.3) is 0 Å². The summed E-state index contributed by atoms with van der Waals surface area (Å²) in [6.45, 7) is 3.73. The largest absolute Gasteiger partial charge is 0.494 e. The second-order valence-electron chi connectivity index (χ2n) is 6.71. The molecule has 0 radical (unpaired) electrons. The van der Waals surface area contributed by atoms with E-state index in [4.69, 9.17) is 4.74 Å². The van der Waals surface area contributed by atoms with Crippen LogP contribution in [0.2, 0.25) is 0 Å². The van der Waals surface area contributed by atoms with Gasteiger partial charge in [0.2, 0.25) is 5.67 Å². The van der Waals surface area contributed by atoms with E-state index in [1.807, 2.05) is 31.2 Å². The third kappa shape index (κ3) is 3.83.